The summed E-state index contributed by atoms with van der Waals surface area (Å²) < 4.78 is 5.36. The summed E-state index contributed by atoms with van der Waals surface area (Å²) in [4.78, 5) is 22.4. The largest absolute Gasteiger partial charge is 0.508 e. The molecule has 0 fully saturated rings. The van der Waals surface area contributed by atoms with E-state index in [-0.39, 0.29) is 18.1 Å². The van der Waals surface area contributed by atoms with Gasteiger partial charge in [0.15, 0.2) is 5.82 Å². The Bertz CT molecular complexity index is 1160. The molecule has 0 saturated carbocycles. The van der Waals surface area contributed by atoms with Crippen LogP contribution in [0.4, 0.5) is 5.82 Å². The second kappa shape index (κ2) is 8.60. The van der Waals surface area contributed by atoms with E-state index in [1.54, 1.807) is 31.4 Å². The third-order valence-corrected chi connectivity index (χ3v) is 5.18. The number of aromatic nitrogens is 2. The number of fused-ring (bicyclic) bond motifs is 3. The van der Waals surface area contributed by atoms with Crippen LogP contribution in [0.5, 0.6) is 11.5 Å². The highest BCUT2D eigenvalue weighted by Crippen LogP contribution is 2.35. The van der Waals surface area contributed by atoms with Crippen LogP contribution in [0.2, 0.25) is 0 Å². The maximum absolute atomic E-state index is 12.7. The minimum atomic E-state index is -0.177. The number of ether oxygens (including phenoxy) is 1. The Morgan fingerprint density at radius 3 is 2.61 bits per heavy atom. The molecule has 0 spiro atoms. The lowest BCUT2D eigenvalue weighted by Gasteiger charge is -2.21. The molecule has 1 heterocycles. The minimum absolute atomic E-state index is 0.174. The van der Waals surface area contributed by atoms with Crippen molar-refractivity contribution in [1.29, 1.82) is 0 Å². The molecule has 6 nitrogen and oxygen atoms in total. The summed E-state index contributed by atoms with van der Waals surface area (Å²) >= 11 is 0. The van der Waals surface area contributed by atoms with Crippen molar-refractivity contribution in [3.8, 4) is 22.8 Å². The number of nitrogens with one attached hydrogen (secondary N) is 1. The molecule has 1 aromatic heterocycles. The first-order valence-electron chi connectivity index (χ1n) is 10.2. The van der Waals surface area contributed by atoms with Crippen LogP contribution in [0.25, 0.3) is 17.3 Å². The standard InChI is InChI=1S/C25H25N3O3/c1-15(2)12-22-25(28-23(30)13-16-4-7-18(29)8-5-16)27-21-11-6-17-14-19(31-3)9-10-20(17)24(21)26-22/h4-5,7-10,12,14,29H,6,11,13H2,1-3H3,(H,27,28,30). The van der Waals surface area contributed by atoms with Crippen LogP contribution < -0.4 is 10.1 Å². The number of aromatic hydroxyl groups is 1. The number of carbonyl (C=O) groups is 1. The number of phenols is 1. The molecule has 0 atom stereocenters. The predicted molar refractivity (Wildman–Crippen MR) is 121 cm³/mol. The number of aryl methyl sites for hydroxylation is 2. The molecule has 0 bridgehead atoms. The molecule has 0 aliphatic heterocycles. The Hall–Kier alpha value is -3.67. The van der Waals surface area contributed by atoms with Gasteiger partial charge in [0.1, 0.15) is 17.2 Å². The van der Waals surface area contributed by atoms with Crippen LogP contribution in [0, 0.1) is 0 Å². The van der Waals surface area contributed by atoms with E-state index in [0.717, 1.165) is 46.7 Å². The number of benzene rings is 2. The number of methoxy groups -OCH3 is 1. The van der Waals surface area contributed by atoms with Crippen molar-refractivity contribution in [3.63, 3.8) is 0 Å². The number of rotatable bonds is 5. The zero-order valence-corrected chi connectivity index (χ0v) is 17.9. The van der Waals surface area contributed by atoms with Crippen molar-refractivity contribution in [3.05, 3.63) is 70.6 Å². The van der Waals surface area contributed by atoms with Gasteiger partial charge in [-0.3, -0.25) is 4.79 Å². The Balaban J connectivity index is 1.67. The van der Waals surface area contributed by atoms with Crippen LogP contribution in [0.1, 0.15) is 36.4 Å². The van der Waals surface area contributed by atoms with Gasteiger partial charge in [-0.25, -0.2) is 9.97 Å². The average Bonchev–Trinajstić information content (AvgIpc) is 2.75. The van der Waals surface area contributed by atoms with Gasteiger partial charge < -0.3 is 15.2 Å². The van der Waals surface area contributed by atoms with Crippen molar-refractivity contribution >= 4 is 17.8 Å². The van der Waals surface area contributed by atoms with Crippen molar-refractivity contribution in [2.75, 3.05) is 12.4 Å². The van der Waals surface area contributed by atoms with Gasteiger partial charge in [0, 0.05) is 5.56 Å². The van der Waals surface area contributed by atoms with E-state index < -0.39 is 0 Å². The lowest BCUT2D eigenvalue weighted by atomic mass is 9.91. The molecule has 3 aromatic rings. The zero-order valence-electron chi connectivity index (χ0n) is 17.9. The maximum Gasteiger partial charge on any atom is 0.230 e. The van der Waals surface area contributed by atoms with E-state index in [0.29, 0.717) is 11.5 Å². The van der Waals surface area contributed by atoms with Gasteiger partial charge in [0.25, 0.3) is 0 Å². The molecule has 1 amide bonds. The Morgan fingerprint density at radius 1 is 1.13 bits per heavy atom. The van der Waals surface area contributed by atoms with E-state index in [2.05, 4.69) is 5.32 Å². The minimum Gasteiger partial charge on any atom is -0.508 e. The number of carbonyl (C=O) groups excluding carboxylic acids is 1. The molecule has 158 valence electrons. The highest BCUT2D eigenvalue weighted by atomic mass is 16.5. The number of allylic oxidation sites excluding steroid dienone is 1. The summed E-state index contributed by atoms with van der Waals surface area (Å²) in [6.07, 6.45) is 3.71. The van der Waals surface area contributed by atoms with E-state index in [1.807, 2.05) is 38.1 Å². The summed E-state index contributed by atoms with van der Waals surface area (Å²) in [6.45, 7) is 3.98. The van der Waals surface area contributed by atoms with Crippen LogP contribution in [0.15, 0.2) is 48.0 Å². The Labute approximate surface area is 181 Å². The molecule has 6 heteroatoms. The molecule has 2 N–H and O–H groups in total. The molecule has 0 saturated heterocycles. The van der Waals surface area contributed by atoms with E-state index in [4.69, 9.17) is 14.7 Å². The monoisotopic (exact) mass is 415 g/mol. The molecule has 0 radical (unpaired) electrons. The third kappa shape index (κ3) is 4.58. The normalized spacial score (nSPS) is 11.8. The molecule has 31 heavy (non-hydrogen) atoms. The molecule has 1 aliphatic rings. The fraction of sp³-hybridized carbons (Fsp3) is 0.240. The fourth-order valence-corrected chi connectivity index (χ4v) is 3.70. The van der Waals surface area contributed by atoms with Crippen molar-refractivity contribution < 1.29 is 14.6 Å². The van der Waals surface area contributed by atoms with Gasteiger partial charge >= 0.3 is 0 Å². The van der Waals surface area contributed by atoms with E-state index >= 15 is 0 Å². The Morgan fingerprint density at radius 2 is 1.90 bits per heavy atom. The second-order valence-corrected chi connectivity index (χ2v) is 7.89. The molecule has 1 aliphatic carbocycles. The summed E-state index contributed by atoms with van der Waals surface area (Å²) in [5.41, 5.74) is 6.49. The number of amides is 1. The summed E-state index contributed by atoms with van der Waals surface area (Å²) in [7, 11) is 1.67. The zero-order chi connectivity index (χ0) is 22.0. The smallest absolute Gasteiger partial charge is 0.230 e. The number of hydrogen-bond acceptors (Lipinski definition) is 5. The first-order valence-corrected chi connectivity index (χ1v) is 10.2. The fourth-order valence-electron chi connectivity index (χ4n) is 3.70. The number of hydrogen-bond donors (Lipinski definition) is 2. The van der Waals surface area contributed by atoms with Gasteiger partial charge in [-0.15, -0.1) is 0 Å². The van der Waals surface area contributed by atoms with E-state index in [1.165, 1.54) is 5.56 Å². The van der Waals surface area contributed by atoms with Gasteiger partial charge in [-0.2, -0.15) is 0 Å². The lowest BCUT2D eigenvalue weighted by Crippen LogP contribution is -2.19. The lowest BCUT2D eigenvalue weighted by molar-refractivity contribution is -0.115. The van der Waals surface area contributed by atoms with Crippen molar-refractivity contribution in [2.45, 2.75) is 33.1 Å². The highest BCUT2D eigenvalue weighted by molar-refractivity contribution is 5.93. The molecule has 2 aromatic carbocycles. The average molecular weight is 415 g/mol. The second-order valence-electron chi connectivity index (χ2n) is 7.89. The number of phenolic OH excluding ortho intramolecular Hbond substituents is 1. The topological polar surface area (TPSA) is 84.3 Å². The predicted octanol–water partition coefficient (Wildman–Crippen LogP) is 4.56. The first-order chi connectivity index (χ1) is 14.9. The molecule has 0 unspecified atom stereocenters. The van der Waals surface area contributed by atoms with Crippen LogP contribution in [0.3, 0.4) is 0 Å². The van der Waals surface area contributed by atoms with Gasteiger partial charge in [-0.05, 0) is 74.2 Å². The molecular formula is C25H25N3O3. The molecular weight excluding hydrogens is 390 g/mol. The highest BCUT2D eigenvalue weighted by Gasteiger charge is 2.22. The number of anilines is 1. The van der Waals surface area contributed by atoms with Crippen LogP contribution >= 0.6 is 0 Å². The SMILES string of the molecule is COc1ccc2c(c1)CCc1nc(NC(=O)Cc3ccc(O)cc3)c(C=C(C)C)nc1-2. The summed E-state index contributed by atoms with van der Waals surface area (Å²) in [6, 6.07) is 12.6. The van der Waals surface area contributed by atoms with E-state index in [9.17, 15) is 9.90 Å². The summed E-state index contributed by atoms with van der Waals surface area (Å²) in [5, 5.41) is 12.4. The summed E-state index contributed by atoms with van der Waals surface area (Å²) in [5.74, 6) is 1.30. The van der Waals surface area contributed by atoms with Crippen LogP contribution in [-0.4, -0.2) is 28.1 Å². The third-order valence-electron chi connectivity index (χ3n) is 5.18. The van der Waals surface area contributed by atoms with Gasteiger partial charge in [-0.1, -0.05) is 17.7 Å². The van der Waals surface area contributed by atoms with Crippen LogP contribution in [-0.2, 0) is 24.1 Å². The maximum atomic E-state index is 12.7. The van der Waals surface area contributed by atoms with Gasteiger partial charge in [0.05, 0.1) is 24.9 Å². The molecule has 4 rings (SSSR count). The first kappa shape index (κ1) is 20.6. The quantitative estimate of drug-likeness (QED) is 0.638. The van der Waals surface area contributed by atoms with Gasteiger partial charge in [0.2, 0.25) is 5.91 Å². The number of nitrogens with zero attached hydrogens (tertiary/aromatic N) is 2. The van der Waals surface area contributed by atoms with Crippen molar-refractivity contribution in [1.82, 2.24) is 9.97 Å². The Kier molecular flexibility index (Phi) is 5.71. The van der Waals surface area contributed by atoms with Crippen molar-refractivity contribution in [2.24, 2.45) is 0 Å².